The molecule has 1 aliphatic rings. The first-order valence-corrected chi connectivity index (χ1v) is 10.6. The Morgan fingerprint density at radius 1 is 0.923 bits per heavy atom. The SMILES string of the molecule is O=S(=O)(c1ccc(NC(=S)Nc2cc(Cl)cc(Cl)c2)cc1)N1CCCC1. The molecule has 0 radical (unpaired) electrons. The van der Waals surface area contributed by atoms with E-state index in [0.717, 1.165) is 12.8 Å². The van der Waals surface area contributed by atoms with E-state index >= 15 is 0 Å². The van der Waals surface area contributed by atoms with E-state index in [1.165, 1.54) is 4.31 Å². The number of halogens is 2. The molecule has 1 aliphatic heterocycles. The standard InChI is InChI=1S/C17H17Cl2N3O2S2/c18-12-9-13(19)11-15(10-12)21-17(25)20-14-3-5-16(6-4-14)26(23,24)22-7-1-2-8-22/h3-6,9-11H,1-2,7-8H2,(H2,20,21,25). The second-order valence-electron chi connectivity index (χ2n) is 5.87. The molecule has 0 amide bonds. The number of anilines is 2. The van der Waals surface area contributed by atoms with Crippen molar-refractivity contribution in [3.8, 4) is 0 Å². The molecular formula is C17H17Cl2N3O2S2. The molecule has 0 aliphatic carbocycles. The van der Waals surface area contributed by atoms with E-state index in [1.54, 1.807) is 42.5 Å². The lowest BCUT2D eigenvalue weighted by Gasteiger charge is -2.16. The fourth-order valence-electron chi connectivity index (χ4n) is 2.71. The summed E-state index contributed by atoms with van der Waals surface area (Å²) in [6.07, 6.45) is 1.82. The molecule has 0 saturated carbocycles. The van der Waals surface area contributed by atoms with Gasteiger partial charge < -0.3 is 10.6 Å². The first-order chi connectivity index (χ1) is 12.3. The number of nitrogens with one attached hydrogen (secondary N) is 2. The van der Waals surface area contributed by atoms with E-state index in [-0.39, 0.29) is 4.90 Å². The maximum atomic E-state index is 12.5. The van der Waals surface area contributed by atoms with Crippen LogP contribution in [-0.4, -0.2) is 30.9 Å². The zero-order valence-corrected chi connectivity index (χ0v) is 16.9. The highest BCUT2D eigenvalue weighted by atomic mass is 35.5. The molecule has 26 heavy (non-hydrogen) atoms. The minimum absolute atomic E-state index is 0.283. The van der Waals surface area contributed by atoms with Gasteiger partial charge in [-0.2, -0.15) is 4.31 Å². The van der Waals surface area contributed by atoms with Gasteiger partial charge in [-0.15, -0.1) is 0 Å². The summed E-state index contributed by atoms with van der Waals surface area (Å²) in [5, 5.41) is 7.33. The van der Waals surface area contributed by atoms with Gasteiger partial charge in [-0.1, -0.05) is 23.2 Å². The predicted octanol–water partition coefficient (Wildman–Crippen LogP) is 4.59. The van der Waals surface area contributed by atoms with Crippen molar-refractivity contribution in [2.75, 3.05) is 23.7 Å². The van der Waals surface area contributed by atoms with Crippen LogP contribution in [0.15, 0.2) is 47.4 Å². The van der Waals surface area contributed by atoms with Gasteiger partial charge in [-0.25, -0.2) is 8.42 Å². The highest BCUT2D eigenvalue weighted by molar-refractivity contribution is 7.89. The molecule has 5 nitrogen and oxygen atoms in total. The highest BCUT2D eigenvalue weighted by Crippen LogP contribution is 2.24. The highest BCUT2D eigenvalue weighted by Gasteiger charge is 2.26. The molecule has 1 heterocycles. The molecule has 0 bridgehead atoms. The Bertz CT molecular complexity index is 892. The van der Waals surface area contributed by atoms with Crippen molar-refractivity contribution in [2.24, 2.45) is 0 Å². The Hall–Kier alpha value is -1.38. The largest absolute Gasteiger partial charge is 0.332 e. The van der Waals surface area contributed by atoms with Gasteiger partial charge in [-0.05, 0) is 67.5 Å². The minimum atomic E-state index is -3.41. The van der Waals surface area contributed by atoms with Gasteiger partial charge in [0.05, 0.1) is 4.90 Å². The van der Waals surface area contributed by atoms with Gasteiger partial charge in [0.25, 0.3) is 0 Å². The fourth-order valence-corrected chi connectivity index (χ4v) is 4.99. The summed E-state index contributed by atoms with van der Waals surface area (Å²) < 4.78 is 26.5. The van der Waals surface area contributed by atoms with Crippen LogP contribution in [0.3, 0.4) is 0 Å². The predicted molar refractivity (Wildman–Crippen MR) is 111 cm³/mol. The first kappa shape index (κ1) is 19.4. The van der Waals surface area contributed by atoms with Crippen LogP contribution in [0, 0.1) is 0 Å². The van der Waals surface area contributed by atoms with Crippen LogP contribution in [0.2, 0.25) is 10.0 Å². The molecule has 9 heteroatoms. The van der Waals surface area contributed by atoms with Crippen LogP contribution in [0.25, 0.3) is 0 Å². The summed E-state index contributed by atoms with van der Waals surface area (Å²) in [5.74, 6) is 0. The Morgan fingerprint density at radius 2 is 1.46 bits per heavy atom. The first-order valence-electron chi connectivity index (χ1n) is 7.99. The number of nitrogens with zero attached hydrogens (tertiary/aromatic N) is 1. The van der Waals surface area contributed by atoms with Crippen LogP contribution in [0.5, 0.6) is 0 Å². The fraction of sp³-hybridized carbons (Fsp3) is 0.235. The lowest BCUT2D eigenvalue weighted by molar-refractivity contribution is 0.477. The summed E-state index contributed by atoms with van der Waals surface area (Å²) >= 11 is 17.2. The van der Waals surface area contributed by atoms with E-state index in [9.17, 15) is 8.42 Å². The summed E-state index contributed by atoms with van der Waals surface area (Å²) in [6.45, 7) is 1.16. The molecule has 2 N–H and O–H groups in total. The van der Waals surface area contributed by atoms with Crippen molar-refractivity contribution in [3.05, 3.63) is 52.5 Å². The number of benzene rings is 2. The van der Waals surface area contributed by atoms with Gasteiger partial charge in [0.2, 0.25) is 10.0 Å². The van der Waals surface area contributed by atoms with Crippen LogP contribution in [0.1, 0.15) is 12.8 Å². The second-order valence-corrected chi connectivity index (χ2v) is 9.09. The Morgan fingerprint density at radius 3 is 2.04 bits per heavy atom. The molecule has 138 valence electrons. The van der Waals surface area contributed by atoms with Crippen molar-refractivity contribution in [1.82, 2.24) is 4.31 Å². The third-order valence-corrected chi connectivity index (χ3v) is 6.49. The van der Waals surface area contributed by atoms with Crippen LogP contribution < -0.4 is 10.6 Å². The molecular weight excluding hydrogens is 413 g/mol. The van der Waals surface area contributed by atoms with Crippen LogP contribution >= 0.6 is 35.4 Å². The Labute approximate surface area is 168 Å². The number of hydrogen-bond donors (Lipinski definition) is 2. The molecule has 2 aromatic rings. The molecule has 2 aromatic carbocycles. The zero-order chi connectivity index (χ0) is 18.7. The van der Waals surface area contributed by atoms with Gasteiger partial charge in [0, 0.05) is 34.5 Å². The molecule has 0 unspecified atom stereocenters. The van der Waals surface area contributed by atoms with Gasteiger partial charge >= 0.3 is 0 Å². The summed E-state index contributed by atoms with van der Waals surface area (Å²) in [4.78, 5) is 0.283. The normalized spacial score (nSPS) is 15.0. The van der Waals surface area contributed by atoms with Crippen LogP contribution in [0.4, 0.5) is 11.4 Å². The van der Waals surface area contributed by atoms with E-state index < -0.39 is 10.0 Å². The molecule has 1 saturated heterocycles. The number of thiocarbonyl (C=S) groups is 1. The van der Waals surface area contributed by atoms with Crippen molar-refractivity contribution in [2.45, 2.75) is 17.7 Å². The van der Waals surface area contributed by atoms with Crippen LogP contribution in [-0.2, 0) is 10.0 Å². The number of rotatable bonds is 4. The summed E-state index contributed by atoms with van der Waals surface area (Å²) in [6, 6.07) is 11.6. The molecule has 3 rings (SSSR count). The zero-order valence-electron chi connectivity index (χ0n) is 13.7. The molecule has 0 aromatic heterocycles. The van der Waals surface area contributed by atoms with E-state index in [2.05, 4.69) is 10.6 Å². The third-order valence-electron chi connectivity index (χ3n) is 3.94. The molecule has 0 spiro atoms. The monoisotopic (exact) mass is 429 g/mol. The van der Waals surface area contributed by atoms with Crippen molar-refractivity contribution >= 4 is 61.9 Å². The Kier molecular flexibility index (Phi) is 6.04. The molecule has 0 atom stereocenters. The lowest BCUT2D eigenvalue weighted by Crippen LogP contribution is -2.27. The second kappa shape index (κ2) is 8.10. The topological polar surface area (TPSA) is 61.4 Å². The summed E-state index contributed by atoms with van der Waals surface area (Å²) in [7, 11) is -3.41. The van der Waals surface area contributed by atoms with Crippen molar-refractivity contribution in [1.29, 1.82) is 0 Å². The number of hydrogen-bond acceptors (Lipinski definition) is 3. The van der Waals surface area contributed by atoms with Crippen molar-refractivity contribution < 1.29 is 8.42 Å². The van der Waals surface area contributed by atoms with Gasteiger partial charge in [0.15, 0.2) is 5.11 Å². The van der Waals surface area contributed by atoms with E-state index in [0.29, 0.717) is 39.6 Å². The third kappa shape index (κ3) is 4.66. The quantitative estimate of drug-likeness (QED) is 0.695. The summed E-state index contributed by atoms with van der Waals surface area (Å²) in [5.41, 5.74) is 1.34. The smallest absolute Gasteiger partial charge is 0.243 e. The van der Waals surface area contributed by atoms with E-state index in [1.807, 2.05) is 0 Å². The van der Waals surface area contributed by atoms with E-state index in [4.69, 9.17) is 35.4 Å². The van der Waals surface area contributed by atoms with Gasteiger partial charge in [0.1, 0.15) is 0 Å². The minimum Gasteiger partial charge on any atom is -0.332 e. The average molecular weight is 430 g/mol. The maximum absolute atomic E-state index is 12.5. The maximum Gasteiger partial charge on any atom is 0.243 e. The molecule has 1 fully saturated rings. The average Bonchev–Trinajstić information content (AvgIpc) is 3.09. The number of sulfonamides is 1. The lowest BCUT2D eigenvalue weighted by atomic mass is 10.3. The van der Waals surface area contributed by atoms with Gasteiger partial charge in [-0.3, -0.25) is 0 Å². The van der Waals surface area contributed by atoms with Crippen molar-refractivity contribution in [3.63, 3.8) is 0 Å². The Balaban J connectivity index is 1.66.